The summed E-state index contributed by atoms with van der Waals surface area (Å²) in [4.78, 5) is 0. The molecule has 0 radical (unpaired) electrons. The second-order valence-corrected chi connectivity index (χ2v) is 5.72. The summed E-state index contributed by atoms with van der Waals surface area (Å²) in [5.41, 5.74) is 9.84. The van der Waals surface area contributed by atoms with Crippen LogP contribution in [0.1, 0.15) is 54.8 Å². The Labute approximate surface area is 122 Å². The third-order valence-corrected chi connectivity index (χ3v) is 4.38. The lowest BCUT2D eigenvalue weighted by Gasteiger charge is -2.31. The maximum atomic E-state index is 10.5. The summed E-state index contributed by atoms with van der Waals surface area (Å²) in [7, 11) is 0. The van der Waals surface area contributed by atoms with E-state index in [1.807, 2.05) is 6.07 Å². The molecule has 2 nitrogen and oxygen atoms in total. The van der Waals surface area contributed by atoms with Gasteiger partial charge in [0.15, 0.2) is 0 Å². The summed E-state index contributed by atoms with van der Waals surface area (Å²) >= 11 is 0. The van der Waals surface area contributed by atoms with Gasteiger partial charge in [-0.05, 0) is 49.3 Å². The molecular weight excluding hydrogens is 258 g/mol. The topological polar surface area (TPSA) is 46.2 Å². The van der Waals surface area contributed by atoms with E-state index in [0.29, 0.717) is 5.92 Å². The van der Waals surface area contributed by atoms with Crippen molar-refractivity contribution in [2.45, 2.75) is 58.1 Å². The largest absolute Gasteiger partial charge is 0.391 e. The molecule has 1 saturated carbocycles. The third-order valence-electron chi connectivity index (χ3n) is 4.38. The van der Waals surface area contributed by atoms with Crippen LogP contribution in [0, 0.1) is 19.8 Å². The number of benzene rings is 1. The molecule has 0 amide bonds. The van der Waals surface area contributed by atoms with E-state index in [0.717, 1.165) is 18.4 Å². The summed E-state index contributed by atoms with van der Waals surface area (Å²) in [5.74, 6) is 0.382. The number of nitrogens with two attached hydrogens (primary N) is 1. The predicted octanol–water partition coefficient (Wildman–Crippen LogP) is 3.67. The highest BCUT2D eigenvalue weighted by Gasteiger charge is 2.28. The lowest BCUT2D eigenvalue weighted by atomic mass is 9.80. The molecule has 0 aliphatic heterocycles. The first-order valence-corrected chi connectivity index (χ1v) is 7.11. The van der Waals surface area contributed by atoms with Gasteiger partial charge >= 0.3 is 0 Å². The van der Waals surface area contributed by atoms with E-state index in [9.17, 15) is 5.11 Å². The Kier molecular flexibility index (Phi) is 6.31. The van der Waals surface area contributed by atoms with E-state index in [2.05, 4.69) is 26.0 Å². The maximum Gasteiger partial charge on any atom is 0.0761 e. The Hall–Kier alpha value is -0.570. The molecule has 3 heteroatoms. The van der Waals surface area contributed by atoms with E-state index in [1.165, 1.54) is 30.4 Å². The van der Waals surface area contributed by atoms with Crippen molar-refractivity contribution >= 4 is 12.4 Å². The lowest BCUT2D eigenvalue weighted by Crippen LogP contribution is -2.35. The first kappa shape index (κ1) is 16.5. The molecule has 3 N–H and O–H groups in total. The van der Waals surface area contributed by atoms with Gasteiger partial charge in [-0.2, -0.15) is 0 Å². The number of aliphatic hydroxyl groups excluding tert-OH is 1. The molecule has 1 aliphatic carbocycles. The summed E-state index contributed by atoms with van der Waals surface area (Å²) in [6, 6.07) is 5.97. The highest BCUT2D eigenvalue weighted by molar-refractivity contribution is 5.85. The van der Waals surface area contributed by atoms with Crippen LogP contribution in [0.5, 0.6) is 0 Å². The standard InChI is InChI=1S/C16H25NO.ClH/c1-11-7-6-8-12(2)14(11)15(17)16(18)13-9-4-3-5-10-13;/h6-8,13,15-16,18H,3-5,9-10,17H2,1-2H3;1H/t15-,16+;/m1./s1. The van der Waals surface area contributed by atoms with E-state index in [4.69, 9.17) is 5.73 Å². The van der Waals surface area contributed by atoms with Crippen molar-refractivity contribution in [1.29, 1.82) is 0 Å². The molecule has 108 valence electrons. The Balaban J connectivity index is 0.00000180. The third kappa shape index (κ3) is 3.71. The van der Waals surface area contributed by atoms with Gasteiger partial charge in [-0.25, -0.2) is 0 Å². The van der Waals surface area contributed by atoms with Gasteiger partial charge in [0.05, 0.1) is 12.1 Å². The first-order chi connectivity index (χ1) is 8.61. The second-order valence-electron chi connectivity index (χ2n) is 5.72. The molecule has 1 aliphatic rings. The van der Waals surface area contributed by atoms with Crippen LogP contribution in [-0.4, -0.2) is 11.2 Å². The molecule has 0 bridgehead atoms. The van der Waals surface area contributed by atoms with Gasteiger partial charge in [0, 0.05) is 0 Å². The average Bonchev–Trinajstić information content (AvgIpc) is 2.38. The number of aliphatic hydroxyl groups is 1. The molecule has 1 fully saturated rings. The zero-order valence-electron chi connectivity index (χ0n) is 11.9. The molecular formula is C16H26ClNO. The van der Waals surface area contributed by atoms with Crippen molar-refractivity contribution in [3.05, 3.63) is 34.9 Å². The van der Waals surface area contributed by atoms with Crippen molar-refractivity contribution in [1.82, 2.24) is 0 Å². The smallest absolute Gasteiger partial charge is 0.0761 e. The summed E-state index contributed by atoms with van der Waals surface area (Å²) in [6.45, 7) is 4.16. The van der Waals surface area contributed by atoms with E-state index in [1.54, 1.807) is 0 Å². The highest BCUT2D eigenvalue weighted by Crippen LogP contribution is 2.33. The van der Waals surface area contributed by atoms with Crippen molar-refractivity contribution in [3.8, 4) is 0 Å². The zero-order valence-corrected chi connectivity index (χ0v) is 12.7. The normalized spacial score (nSPS) is 19.6. The number of hydrogen-bond acceptors (Lipinski definition) is 2. The van der Waals surface area contributed by atoms with Crippen molar-refractivity contribution in [2.24, 2.45) is 11.7 Å². The quantitative estimate of drug-likeness (QED) is 0.889. The molecule has 0 heterocycles. The molecule has 0 spiro atoms. The van der Waals surface area contributed by atoms with Crippen LogP contribution in [0.3, 0.4) is 0 Å². The predicted molar refractivity (Wildman–Crippen MR) is 82.7 cm³/mol. The molecule has 19 heavy (non-hydrogen) atoms. The molecule has 1 aromatic carbocycles. The van der Waals surface area contributed by atoms with Gasteiger partial charge in [0.2, 0.25) is 0 Å². The van der Waals surface area contributed by atoms with Gasteiger partial charge in [0.25, 0.3) is 0 Å². The van der Waals surface area contributed by atoms with E-state index < -0.39 is 6.10 Å². The van der Waals surface area contributed by atoms with Gasteiger partial charge < -0.3 is 10.8 Å². The minimum absolute atomic E-state index is 0. The molecule has 2 atom stereocenters. The number of halogens is 1. The van der Waals surface area contributed by atoms with Gasteiger partial charge in [-0.3, -0.25) is 0 Å². The van der Waals surface area contributed by atoms with Gasteiger partial charge in [-0.15, -0.1) is 12.4 Å². The maximum absolute atomic E-state index is 10.5. The molecule has 2 rings (SSSR count). The fraction of sp³-hybridized carbons (Fsp3) is 0.625. The molecule has 0 aromatic heterocycles. The van der Waals surface area contributed by atoms with Crippen LogP contribution in [0.15, 0.2) is 18.2 Å². The van der Waals surface area contributed by atoms with Crippen LogP contribution in [0.4, 0.5) is 0 Å². The van der Waals surface area contributed by atoms with E-state index in [-0.39, 0.29) is 18.4 Å². The lowest BCUT2D eigenvalue weighted by molar-refractivity contribution is 0.0614. The summed E-state index contributed by atoms with van der Waals surface area (Å²) in [6.07, 6.45) is 5.63. The summed E-state index contributed by atoms with van der Waals surface area (Å²) < 4.78 is 0. The van der Waals surface area contributed by atoms with Crippen molar-refractivity contribution < 1.29 is 5.11 Å². The summed E-state index contributed by atoms with van der Waals surface area (Å²) in [5, 5.41) is 10.5. The number of rotatable bonds is 3. The number of hydrogen-bond donors (Lipinski definition) is 2. The second kappa shape index (κ2) is 7.28. The van der Waals surface area contributed by atoms with Crippen LogP contribution >= 0.6 is 12.4 Å². The van der Waals surface area contributed by atoms with Crippen LogP contribution < -0.4 is 5.73 Å². The Morgan fingerprint density at radius 1 is 1.11 bits per heavy atom. The van der Waals surface area contributed by atoms with Gasteiger partial charge in [0.1, 0.15) is 0 Å². The number of aryl methyl sites for hydroxylation is 2. The minimum atomic E-state index is -0.398. The first-order valence-electron chi connectivity index (χ1n) is 7.11. The van der Waals surface area contributed by atoms with Gasteiger partial charge in [-0.1, -0.05) is 37.5 Å². The zero-order chi connectivity index (χ0) is 13.1. The van der Waals surface area contributed by atoms with Crippen molar-refractivity contribution in [2.75, 3.05) is 0 Å². The van der Waals surface area contributed by atoms with Crippen LogP contribution in [0.25, 0.3) is 0 Å². The SMILES string of the molecule is Cc1cccc(C)c1[C@@H](N)[C@@H](O)C1CCCCC1.Cl. The minimum Gasteiger partial charge on any atom is -0.391 e. The molecule has 0 unspecified atom stereocenters. The van der Waals surface area contributed by atoms with Crippen LogP contribution in [-0.2, 0) is 0 Å². The Bertz CT molecular complexity index is 381. The molecule has 1 aromatic rings. The monoisotopic (exact) mass is 283 g/mol. The average molecular weight is 284 g/mol. The fourth-order valence-electron chi connectivity index (χ4n) is 3.29. The van der Waals surface area contributed by atoms with E-state index >= 15 is 0 Å². The van der Waals surface area contributed by atoms with Crippen LogP contribution in [0.2, 0.25) is 0 Å². The highest BCUT2D eigenvalue weighted by atomic mass is 35.5. The Morgan fingerprint density at radius 3 is 2.16 bits per heavy atom. The fourth-order valence-corrected chi connectivity index (χ4v) is 3.29. The molecule has 0 saturated heterocycles. The van der Waals surface area contributed by atoms with Crippen molar-refractivity contribution in [3.63, 3.8) is 0 Å². The Morgan fingerprint density at radius 2 is 1.63 bits per heavy atom.